The SMILES string of the molecule is CC(Br)C(=O)Nc1ccccc1C(C)O. The third-order valence-corrected chi connectivity index (χ3v) is 2.45. The Kier molecular flexibility index (Phi) is 4.29. The maximum Gasteiger partial charge on any atom is 0.237 e. The van der Waals surface area contributed by atoms with Crippen molar-refractivity contribution in [1.82, 2.24) is 0 Å². The van der Waals surface area contributed by atoms with Crippen LogP contribution in [0.3, 0.4) is 0 Å². The summed E-state index contributed by atoms with van der Waals surface area (Å²) in [5.41, 5.74) is 1.38. The molecule has 1 aromatic rings. The number of aliphatic hydroxyl groups is 1. The van der Waals surface area contributed by atoms with E-state index in [-0.39, 0.29) is 10.7 Å². The van der Waals surface area contributed by atoms with Gasteiger partial charge >= 0.3 is 0 Å². The van der Waals surface area contributed by atoms with E-state index in [9.17, 15) is 9.90 Å². The highest BCUT2D eigenvalue weighted by Crippen LogP contribution is 2.22. The molecule has 0 saturated heterocycles. The van der Waals surface area contributed by atoms with E-state index in [1.54, 1.807) is 26.0 Å². The van der Waals surface area contributed by atoms with E-state index in [2.05, 4.69) is 21.2 Å². The summed E-state index contributed by atoms with van der Waals surface area (Å²) in [6.45, 7) is 3.42. The zero-order valence-corrected chi connectivity index (χ0v) is 10.3. The van der Waals surface area contributed by atoms with E-state index < -0.39 is 6.10 Å². The number of benzene rings is 1. The van der Waals surface area contributed by atoms with Crippen molar-refractivity contribution in [3.8, 4) is 0 Å². The van der Waals surface area contributed by atoms with E-state index in [1.807, 2.05) is 12.1 Å². The number of carbonyl (C=O) groups is 1. The normalized spacial score (nSPS) is 14.4. The van der Waals surface area contributed by atoms with E-state index in [1.165, 1.54) is 0 Å². The van der Waals surface area contributed by atoms with Gasteiger partial charge in [0, 0.05) is 11.3 Å². The van der Waals surface area contributed by atoms with Gasteiger partial charge in [-0.2, -0.15) is 0 Å². The highest BCUT2D eigenvalue weighted by Gasteiger charge is 2.12. The van der Waals surface area contributed by atoms with Crippen LogP contribution < -0.4 is 5.32 Å². The Morgan fingerprint density at radius 1 is 1.40 bits per heavy atom. The van der Waals surface area contributed by atoms with Crippen LogP contribution in [0.2, 0.25) is 0 Å². The molecule has 0 saturated carbocycles. The average molecular weight is 272 g/mol. The molecular formula is C11H14BrNO2. The smallest absolute Gasteiger partial charge is 0.237 e. The van der Waals surface area contributed by atoms with Gasteiger partial charge in [-0.05, 0) is 19.9 Å². The lowest BCUT2D eigenvalue weighted by Crippen LogP contribution is -2.21. The maximum absolute atomic E-state index is 11.4. The molecule has 0 aliphatic heterocycles. The molecule has 4 heteroatoms. The highest BCUT2D eigenvalue weighted by atomic mass is 79.9. The molecule has 1 aromatic carbocycles. The second kappa shape index (κ2) is 5.28. The summed E-state index contributed by atoms with van der Waals surface area (Å²) < 4.78 is 0. The van der Waals surface area contributed by atoms with Crippen LogP contribution in [-0.4, -0.2) is 15.8 Å². The molecule has 0 spiro atoms. The molecule has 2 atom stereocenters. The molecule has 0 radical (unpaired) electrons. The van der Waals surface area contributed by atoms with Gasteiger partial charge in [0.25, 0.3) is 0 Å². The van der Waals surface area contributed by atoms with Crippen molar-refractivity contribution in [3.63, 3.8) is 0 Å². The number of alkyl halides is 1. The molecule has 0 aliphatic carbocycles. The van der Waals surface area contributed by atoms with E-state index >= 15 is 0 Å². The number of para-hydroxylation sites is 1. The first kappa shape index (κ1) is 12.2. The van der Waals surface area contributed by atoms with Crippen molar-refractivity contribution < 1.29 is 9.90 Å². The monoisotopic (exact) mass is 271 g/mol. The number of aliphatic hydroxyl groups excluding tert-OH is 1. The first-order chi connectivity index (χ1) is 7.02. The molecule has 0 bridgehead atoms. The van der Waals surface area contributed by atoms with Crippen LogP contribution in [0.5, 0.6) is 0 Å². The van der Waals surface area contributed by atoms with E-state index in [4.69, 9.17) is 0 Å². The van der Waals surface area contributed by atoms with Crippen LogP contribution in [0.4, 0.5) is 5.69 Å². The van der Waals surface area contributed by atoms with Crippen LogP contribution in [0, 0.1) is 0 Å². The van der Waals surface area contributed by atoms with Gasteiger partial charge in [-0.15, -0.1) is 0 Å². The molecule has 1 rings (SSSR count). The fourth-order valence-electron chi connectivity index (χ4n) is 1.21. The predicted octanol–water partition coefficient (Wildman–Crippen LogP) is 2.46. The molecule has 15 heavy (non-hydrogen) atoms. The van der Waals surface area contributed by atoms with E-state index in [0.29, 0.717) is 5.69 Å². The van der Waals surface area contributed by atoms with Gasteiger partial charge in [0.1, 0.15) is 0 Å². The first-order valence-electron chi connectivity index (χ1n) is 4.74. The van der Waals surface area contributed by atoms with Crippen molar-refractivity contribution >= 4 is 27.5 Å². The maximum atomic E-state index is 11.4. The third-order valence-electron chi connectivity index (χ3n) is 2.03. The summed E-state index contributed by atoms with van der Waals surface area (Å²) in [6.07, 6.45) is -0.591. The lowest BCUT2D eigenvalue weighted by molar-refractivity contribution is -0.115. The van der Waals surface area contributed by atoms with Crippen LogP contribution >= 0.6 is 15.9 Å². The van der Waals surface area contributed by atoms with Crippen LogP contribution in [0.1, 0.15) is 25.5 Å². The molecule has 0 fully saturated rings. The van der Waals surface area contributed by atoms with E-state index in [0.717, 1.165) is 5.56 Å². The summed E-state index contributed by atoms with van der Waals surface area (Å²) in [7, 11) is 0. The summed E-state index contributed by atoms with van der Waals surface area (Å²) in [5.74, 6) is -0.122. The van der Waals surface area contributed by atoms with Crippen LogP contribution in [0.25, 0.3) is 0 Å². The molecule has 3 nitrogen and oxygen atoms in total. The van der Waals surface area contributed by atoms with Crippen LogP contribution in [0.15, 0.2) is 24.3 Å². The minimum absolute atomic E-state index is 0.122. The number of carbonyl (C=O) groups excluding carboxylic acids is 1. The number of nitrogens with one attached hydrogen (secondary N) is 1. The summed E-state index contributed by atoms with van der Waals surface area (Å²) >= 11 is 3.18. The molecule has 2 unspecified atom stereocenters. The topological polar surface area (TPSA) is 49.3 Å². The molecule has 0 aromatic heterocycles. The number of amides is 1. The van der Waals surface area contributed by atoms with Crippen molar-refractivity contribution in [1.29, 1.82) is 0 Å². The summed E-state index contributed by atoms with van der Waals surface area (Å²) in [4.78, 5) is 11.2. The van der Waals surface area contributed by atoms with Gasteiger partial charge < -0.3 is 10.4 Å². The minimum atomic E-state index is -0.591. The van der Waals surface area contributed by atoms with Gasteiger partial charge in [0.2, 0.25) is 5.91 Å². The van der Waals surface area contributed by atoms with Gasteiger partial charge in [0.15, 0.2) is 0 Å². The quantitative estimate of drug-likeness (QED) is 0.830. The first-order valence-corrected chi connectivity index (χ1v) is 5.66. The highest BCUT2D eigenvalue weighted by molar-refractivity contribution is 9.10. The molecule has 2 N–H and O–H groups in total. The summed E-state index contributed by atoms with van der Waals surface area (Å²) in [5, 5.41) is 12.2. The number of hydrogen-bond acceptors (Lipinski definition) is 2. The Bertz CT molecular complexity index is 350. The number of anilines is 1. The van der Waals surface area contributed by atoms with Crippen molar-refractivity contribution in [2.24, 2.45) is 0 Å². The zero-order chi connectivity index (χ0) is 11.4. The molecule has 82 valence electrons. The zero-order valence-electron chi connectivity index (χ0n) is 8.70. The van der Waals surface area contributed by atoms with Gasteiger partial charge in [-0.1, -0.05) is 34.1 Å². The Balaban J connectivity index is 2.89. The molecular weight excluding hydrogens is 258 g/mol. The molecule has 0 aliphatic rings. The lowest BCUT2D eigenvalue weighted by atomic mass is 10.1. The molecule has 1 amide bonds. The minimum Gasteiger partial charge on any atom is -0.389 e. The number of hydrogen-bond donors (Lipinski definition) is 2. The van der Waals surface area contributed by atoms with Gasteiger partial charge in [-0.3, -0.25) is 4.79 Å². The van der Waals surface area contributed by atoms with Crippen molar-refractivity contribution in [2.75, 3.05) is 5.32 Å². The fraction of sp³-hybridized carbons (Fsp3) is 0.364. The van der Waals surface area contributed by atoms with Crippen molar-refractivity contribution in [2.45, 2.75) is 24.8 Å². The van der Waals surface area contributed by atoms with Gasteiger partial charge in [-0.25, -0.2) is 0 Å². The van der Waals surface area contributed by atoms with Gasteiger partial charge in [0.05, 0.1) is 10.9 Å². The van der Waals surface area contributed by atoms with Crippen molar-refractivity contribution in [3.05, 3.63) is 29.8 Å². The number of halogens is 1. The second-order valence-electron chi connectivity index (χ2n) is 3.37. The Morgan fingerprint density at radius 3 is 2.53 bits per heavy atom. The van der Waals surface area contributed by atoms with Crippen LogP contribution in [-0.2, 0) is 4.79 Å². The third kappa shape index (κ3) is 3.32. The lowest BCUT2D eigenvalue weighted by Gasteiger charge is -2.13. The predicted molar refractivity (Wildman–Crippen MR) is 64.1 cm³/mol. The summed E-state index contributed by atoms with van der Waals surface area (Å²) in [6, 6.07) is 7.21. The Labute approximate surface area is 97.6 Å². The average Bonchev–Trinajstić information content (AvgIpc) is 2.18. The Morgan fingerprint density at radius 2 is 2.00 bits per heavy atom. The largest absolute Gasteiger partial charge is 0.389 e. The standard InChI is InChI=1S/C11H14BrNO2/c1-7(12)11(15)13-10-6-4-3-5-9(10)8(2)14/h3-8,14H,1-2H3,(H,13,15). The fourth-order valence-corrected chi connectivity index (χ4v) is 1.32. The molecule has 0 heterocycles. The Hall–Kier alpha value is -0.870. The second-order valence-corrected chi connectivity index (χ2v) is 4.74. The number of rotatable bonds is 3.